The van der Waals surface area contributed by atoms with Crippen LogP contribution in [0.25, 0.3) is 0 Å². The first kappa shape index (κ1) is 20.8. The van der Waals surface area contributed by atoms with Crippen LogP contribution in [0.5, 0.6) is 5.75 Å². The molecule has 2 rings (SSSR count). The van der Waals surface area contributed by atoms with Gasteiger partial charge in [-0.2, -0.15) is 0 Å². The number of nitrogens with one attached hydrogen (secondary N) is 2. The van der Waals surface area contributed by atoms with Crippen LogP contribution in [0.3, 0.4) is 0 Å². The molecule has 1 aliphatic heterocycles. The summed E-state index contributed by atoms with van der Waals surface area (Å²) < 4.78 is 11.5. The van der Waals surface area contributed by atoms with E-state index in [0.29, 0.717) is 18.1 Å². The molecule has 0 aliphatic carbocycles. The molecule has 6 heteroatoms. The van der Waals surface area contributed by atoms with Gasteiger partial charge in [0.2, 0.25) is 0 Å². The third-order valence-electron chi connectivity index (χ3n) is 4.75. The summed E-state index contributed by atoms with van der Waals surface area (Å²) in [5.41, 5.74) is 0.854. The summed E-state index contributed by atoms with van der Waals surface area (Å²) in [6, 6.07) is 6.39. The van der Waals surface area contributed by atoms with Crippen molar-refractivity contribution in [1.82, 2.24) is 10.6 Å². The number of rotatable bonds is 6. The van der Waals surface area contributed by atoms with Gasteiger partial charge < -0.3 is 20.1 Å². The first-order chi connectivity index (χ1) is 12.6. The first-order valence-corrected chi connectivity index (χ1v) is 9.33. The Bertz CT molecular complexity index is 708. The Morgan fingerprint density at radius 2 is 1.96 bits per heavy atom. The minimum Gasteiger partial charge on any atom is -0.493 e. The van der Waals surface area contributed by atoms with Crippen LogP contribution in [0.1, 0.15) is 52.6 Å². The van der Waals surface area contributed by atoms with Gasteiger partial charge in [0, 0.05) is 11.3 Å². The Morgan fingerprint density at radius 1 is 1.30 bits per heavy atom. The second-order valence-corrected chi connectivity index (χ2v) is 7.91. The Hall–Kier alpha value is -2.50. The molecule has 2 N–H and O–H groups in total. The summed E-state index contributed by atoms with van der Waals surface area (Å²) in [6.07, 6.45) is 0.566. The molecular weight excluding hydrogens is 344 g/mol. The number of ether oxygens (including phenoxy) is 2. The first-order valence-electron chi connectivity index (χ1n) is 9.33. The molecule has 1 saturated heterocycles. The van der Waals surface area contributed by atoms with Crippen molar-refractivity contribution in [3.63, 3.8) is 0 Å². The molecule has 0 saturated carbocycles. The minimum atomic E-state index is -0.751. The summed E-state index contributed by atoms with van der Waals surface area (Å²) in [6.45, 7) is 14.3. The average molecular weight is 374 g/mol. The van der Waals surface area contributed by atoms with Crippen LogP contribution < -0.4 is 15.4 Å². The number of carbonyl (C=O) groups excluding carboxylic acids is 2. The number of amides is 2. The monoisotopic (exact) mass is 374 g/mol. The van der Waals surface area contributed by atoms with Crippen LogP contribution in [0.2, 0.25) is 0 Å². The molecule has 0 radical (unpaired) electrons. The van der Waals surface area contributed by atoms with Crippen LogP contribution in [-0.4, -0.2) is 24.7 Å². The quantitative estimate of drug-likeness (QED) is 0.740. The summed E-state index contributed by atoms with van der Waals surface area (Å²) in [5, 5.41) is 5.43. The van der Waals surface area contributed by atoms with Gasteiger partial charge in [-0.3, -0.25) is 4.79 Å². The third-order valence-corrected chi connectivity index (χ3v) is 4.75. The van der Waals surface area contributed by atoms with Crippen molar-refractivity contribution in [2.24, 2.45) is 11.3 Å². The number of urea groups is 1. The lowest BCUT2D eigenvalue weighted by atomic mass is 9.87. The highest BCUT2D eigenvalue weighted by molar-refractivity contribution is 5.85. The summed E-state index contributed by atoms with van der Waals surface area (Å²) in [5.74, 6) is -0.537. The molecule has 1 aromatic carbocycles. The van der Waals surface area contributed by atoms with Crippen LogP contribution >= 0.6 is 0 Å². The molecule has 2 amide bonds. The van der Waals surface area contributed by atoms with E-state index < -0.39 is 24.0 Å². The molecule has 0 bridgehead atoms. The molecule has 148 valence electrons. The molecule has 0 spiro atoms. The van der Waals surface area contributed by atoms with E-state index in [4.69, 9.17) is 9.47 Å². The fourth-order valence-electron chi connectivity index (χ4n) is 2.73. The summed E-state index contributed by atoms with van der Waals surface area (Å²) in [4.78, 5) is 25.0. The van der Waals surface area contributed by atoms with Gasteiger partial charge in [0.1, 0.15) is 17.8 Å². The van der Waals surface area contributed by atoms with E-state index in [9.17, 15) is 9.59 Å². The normalized spacial score (nSPS) is 21.1. The lowest BCUT2D eigenvalue weighted by molar-refractivity contribution is -0.158. The fourth-order valence-corrected chi connectivity index (χ4v) is 2.73. The maximum absolute atomic E-state index is 13.0. The van der Waals surface area contributed by atoms with E-state index in [0.717, 1.165) is 12.0 Å². The number of benzene rings is 1. The average Bonchev–Trinajstić information content (AvgIpc) is 2.58. The highest BCUT2D eigenvalue weighted by Crippen LogP contribution is 2.36. The highest BCUT2D eigenvalue weighted by atomic mass is 16.5. The van der Waals surface area contributed by atoms with Gasteiger partial charge in [0.15, 0.2) is 0 Å². The SMILES string of the molecule is C=C1NC(=O)N[C@@H](c2ccccc2OCCC)[C@@H]1C(=O)O[C@@H](C)C(C)(C)C. The van der Waals surface area contributed by atoms with E-state index in [2.05, 4.69) is 17.2 Å². The van der Waals surface area contributed by atoms with Crippen molar-refractivity contribution in [2.75, 3.05) is 6.61 Å². The Morgan fingerprint density at radius 3 is 2.59 bits per heavy atom. The zero-order chi connectivity index (χ0) is 20.2. The Kier molecular flexibility index (Phi) is 6.52. The van der Waals surface area contributed by atoms with Crippen molar-refractivity contribution in [1.29, 1.82) is 0 Å². The molecule has 0 unspecified atom stereocenters. The standard InChI is InChI=1S/C21H30N2O4/c1-7-12-26-16-11-9-8-10-15(16)18-17(13(2)22-20(25)23-18)19(24)27-14(3)21(4,5)6/h8-11,14,17-18H,2,7,12H2,1,3-6H3,(H2,22,23,25)/t14-,17+,18-/m0/s1. The second-order valence-electron chi connectivity index (χ2n) is 7.91. The maximum Gasteiger partial charge on any atom is 0.319 e. The molecule has 0 aromatic heterocycles. The van der Waals surface area contributed by atoms with Crippen molar-refractivity contribution < 1.29 is 19.1 Å². The van der Waals surface area contributed by atoms with Gasteiger partial charge in [-0.25, -0.2) is 4.79 Å². The zero-order valence-corrected chi connectivity index (χ0v) is 16.8. The van der Waals surface area contributed by atoms with Crippen LogP contribution in [0.4, 0.5) is 4.79 Å². The molecule has 27 heavy (non-hydrogen) atoms. The van der Waals surface area contributed by atoms with Gasteiger partial charge >= 0.3 is 12.0 Å². The number of para-hydroxylation sites is 1. The number of hydrogen-bond donors (Lipinski definition) is 2. The highest BCUT2D eigenvalue weighted by Gasteiger charge is 2.41. The summed E-state index contributed by atoms with van der Waals surface area (Å²) >= 11 is 0. The second kappa shape index (κ2) is 8.46. The van der Waals surface area contributed by atoms with Crippen molar-refractivity contribution >= 4 is 12.0 Å². The smallest absolute Gasteiger partial charge is 0.319 e. The lowest BCUT2D eigenvalue weighted by Crippen LogP contribution is -2.51. The van der Waals surface area contributed by atoms with Gasteiger partial charge in [-0.05, 0) is 24.8 Å². The van der Waals surface area contributed by atoms with E-state index in [1.54, 1.807) is 0 Å². The molecule has 3 atom stereocenters. The zero-order valence-electron chi connectivity index (χ0n) is 16.8. The van der Waals surface area contributed by atoms with Crippen molar-refractivity contribution in [3.05, 3.63) is 42.1 Å². The molecular formula is C21H30N2O4. The van der Waals surface area contributed by atoms with E-state index in [1.807, 2.05) is 58.9 Å². The predicted octanol–water partition coefficient (Wildman–Crippen LogP) is 3.94. The Labute approximate surface area is 161 Å². The largest absolute Gasteiger partial charge is 0.493 e. The molecule has 1 heterocycles. The number of carbonyl (C=O) groups is 2. The van der Waals surface area contributed by atoms with Crippen molar-refractivity contribution in [3.8, 4) is 5.75 Å². The maximum atomic E-state index is 13.0. The summed E-state index contributed by atoms with van der Waals surface area (Å²) in [7, 11) is 0. The lowest BCUT2D eigenvalue weighted by Gasteiger charge is -2.36. The van der Waals surface area contributed by atoms with Crippen LogP contribution in [0.15, 0.2) is 36.5 Å². The van der Waals surface area contributed by atoms with Crippen LogP contribution in [-0.2, 0) is 9.53 Å². The third kappa shape index (κ3) is 5.02. The molecule has 1 fully saturated rings. The molecule has 1 aliphatic rings. The predicted molar refractivity (Wildman–Crippen MR) is 104 cm³/mol. The topological polar surface area (TPSA) is 76.7 Å². The molecule has 1 aromatic rings. The van der Waals surface area contributed by atoms with Gasteiger partial charge in [-0.15, -0.1) is 0 Å². The minimum absolute atomic E-state index is 0.194. The molecule has 6 nitrogen and oxygen atoms in total. The number of hydrogen-bond acceptors (Lipinski definition) is 4. The van der Waals surface area contributed by atoms with E-state index in [-0.39, 0.29) is 11.5 Å². The Balaban J connectivity index is 2.35. The van der Waals surface area contributed by atoms with Gasteiger partial charge in [0.25, 0.3) is 0 Å². The fraction of sp³-hybridized carbons (Fsp3) is 0.524. The number of esters is 1. The van der Waals surface area contributed by atoms with E-state index >= 15 is 0 Å². The van der Waals surface area contributed by atoms with Crippen LogP contribution in [0, 0.1) is 11.3 Å². The van der Waals surface area contributed by atoms with Gasteiger partial charge in [-0.1, -0.05) is 52.5 Å². The van der Waals surface area contributed by atoms with Gasteiger partial charge in [0.05, 0.1) is 12.6 Å². The van der Waals surface area contributed by atoms with E-state index in [1.165, 1.54) is 0 Å². The van der Waals surface area contributed by atoms with Crippen molar-refractivity contribution in [2.45, 2.75) is 53.2 Å².